The SMILES string of the molecule is C=C[C@H]([C@@H](CC=O)C(=O)OC)[Si](C)(C)c1ccccc1. The molecule has 0 saturated carbocycles. The lowest BCUT2D eigenvalue weighted by Crippen LogP contribution is -2.49. The number of carbonyl (C=O) groups is 2. The molecule has 3 nitrogen and oxygen atoms in total. The third-order valence-corrected chi connectivity index (χ3v) is 8.02. The molecule has 1 aromatic carbocycles. The summed E-state index contributed by atoms with van der Waals surface area (Å²) >= 11 is 0. The van der Waals surface area contributed by atoms with Crippen molar-refractivity contribution in [3.63, 3.8) is 0 Å². The Balaban J connectivity index is 3.18. The van der Waals surface area contributed by atoms with E-state index in [2.05, 4.69) is 31.8 Å². The predicted molar refractivity (Wildman–Crippen MR) is 83.7 cm³/mol. The molecule has 1 rings (SSSR count). The number of allylic oxidation sites excluding steroid dienone is 1. The van der Waals surface area contributed by atoms with Gasteiger partial charge in [0.2, 0.25) is 0 Å². The summed E-state index contributed by atoms with van der Waals surface area (Å²) in [5.74, 6) is -0.782. The molecule has 0 saturated heterocycles. The van der Waals surface area contributed by atoms with Gasteiger partial charge in [-0.15, -0.1) is 6.58 Å². The van der Waals surface area contributed by atoms with Gasteiger partial charge in [0.05, 0.1) is 21.1 Å². The van der Waals surface area contributed by atoms with Crippen LogP contribution < -0.4 is 5.19 Å². The molecule has 0 aromatic heterocycles. The van der Waals surface area contributed by atoms with Crippen LogP contribution in [0.1, 0.15) is 6.42 Å². The molecule has 0 unspecified atom stereocenters. The summed E-state index contributed by atoms with van der Waals surface area (Å²) < 4.78 is 4.86. The van der Waals surface area contributed by atoms with Crippen molar-refractivity contribution in [1.82, 2.24) is 0 Å². The molecule has 0 amide bonds. The first-order valence-corrected chi connectivity index (χ1v) is 9.76. The normalized spacial score (nSPS) is 14.2. The van der Waals surface area contributed by atoms with Gasteiger partial charge in [-0.05, 0) is 5.54 Å². The topological polar surface area (TPSA) is 43.4 Å². The molecule has 1 aromatic rings. The molecule has 108 valence electrons. The van der Waals surface area contributed by atoms with Crippen LogP contribution in [0.5, 0.6) is 0 Å². The number of rotatable bonds is 7. The number of methoxy groups -OCH3 is 1. The van der Waals surface area contributed by atoms with Gasteiger partial charge in [0.25, 0.3) is 0 Å². The van der Waals surface area contributed by atoms with Crippen molar-refractivity contribution in [2.45, 2.75) is 25.1 Å². The quantitative estimate of drug-likeness (QED) is 0.335. The first-order valence-electron chi connectivity index (χ1n) is 6.68. The summed E-state index contributed by atoms with van der Waals surface area (Å²) in [5, 5.41) is 1.24. The van der Waals surface area contributed by atoms with Gasteiger partial charge in [0, 0.05) is 6.42 Å². The highest BCUT2D eigenvalue weighted by Gasteiger charge is 2.40. The lowest BCUT2D eigenvalue weighted by atomic mass is 10.0. The number of carbonyl (C=O) groups excluding carboxylic acids is 2. The van der Waals surface area contributed by atoms with E-state index in [0.29, 0.717) is 0 Å². The Hall–Kier alpha value is -1.68. The zero-order valence-electron chi connectivity index (χ0n) is 12.3. The molecule has 0 aliphatic carbocycles. The van der Waals surface area contributed by atoms with Crippen LogP contribution in [0.25, 0.3) is 0 Å². The van der Waals surface area contributed by atoms with E-state index in [0.717, 1.165) is 6.29 Å². The highest BCUT2D eigenvalue weighted by Crippen LogP contribution is 2.33. The van der Waals surface area contributed by atoms with Crippen molar-refractivity contribution in [1.29, 1.82) is 0 Å². The maximum Gasteiger partial charge on any atom is 0.309 e. The second-order valence-corrected chi connectivity index (χ2v) is 10.1. The predicted octanol–water partition coefficient (Wildman–Crippen LogP) is 2.54. The van der Waals surface area contributed by atoms with Crippen LogP contribution >= 0.6 is 0 Å². The minimum absolute atomic E-state index is 0.0393. The van der Waals surface area contributed by atoms with E-state index in [4.69, 9.17) is 4.74 Å². The van der Waals surface area contributed by atoms with E-state index >= 15 is 0 Å². The Bertz CT molecular complexity index is 468. The third-order valence-electron chi connectivity index (χ3n) is 3.89. The van der Waals surface area contributed by atoms with Crippen LogP contribution in [0, 0.1) is 5.92 Å². The van der Waals surface area contributed by atoms with Gasteiger partial charge in [-0.2, -0.15) is 0 Å². The first-order chi connectivity index (χ1) is 9.48. The minimum Gasteiger partial charge on any atom is -0.469 e. The summed E-state index contributed by atoms with van der Waals surface area (Å²) in [6, 6.07) is 10.1. The number of esters is 1. The molecule has 0 N–H and O–H groups in total. The van der Waals surface area contributed by atoms with Crippen LogP contribution in [0.2, 0.25) is 18.6 Å². The van der Waals surface area contributed by atoms with Crippen LogP contribution in [0.3, 0.4) is 0 Å². The van der Waals surface area contributed by atoms with Crippen molar-refractivity contribution in [2.24, 2.45) is 5.92 Å². The van der Waals surface area contributed by atoms with E-state index in [9.17, 15) is 9.59 Å². The Morgan fingerprint density at radius 2 is 1.95 bits per heavy atom. The molecule has 0 radical (unpaired) electrons. The lowest BCUT2D eigenvalue weighted by Gasteiger charge is -2.34. The van der Waals surface area contributed by atoms with E-state index in [1.165, 1.54) is 12.3 Å². The second-order valence-electron chi connectivity index (χ2n) is 5.38. The molecule has 0 heterocycles. The van der Waals surface area contributed by atoms with E-state index in [-0.39, 0.29) is 17.9 Å². The zero-order chi connectivity index (χ0) is 15.2. The van der Waals surface area contributed by atoms with Crippen molar-refractivity contribution >= 4 is 25.5 Å². The van der Waals surface area contributed by atoms with Gasteiger partial charge in [-0.3, -0.25) is 4.79 Å². The Kier molecular flexibility index (Phi) is 5.89. The average molecular weight is 290 g/mol. The van der Waals surface area contributed by atoms with Gasteiger partial charge in [0.1, 0.15) is 6.29 Å². The van der Waals surface area contributed by atoms with Crippen LogP contribution in [-0.2, 0) is 14.3 Å². The van der Waals surface area contributed by atoms with E-state index in [1.54, 1.807) is 0 Å². The van der Waals surface area contributed by atoms with Crippen molar-refractivity contribution in [3.8, 4) is 0 Å². The Morgan fingerprint density at radius 1 is 1.35 bits per heavy atom. The summed E-state index contributed by atoms with van der Waals surface area (Å²) in [4.78, 5) is 22.9. The molecule has 0 spiro atoms. The van der Waals surface area contributed by atoms with Gasteiger partial charge in [-0.25, -0.2) is 0 Å². The minimum atomic E-state index is -1.97. The summed E-state index contributed by atoms with van der Waals surface area (Å²) in [7, 11) is -0.608. The smallest absolute Gasteiger partial charge is 0.309 e. The van der Waals surface area contributed by atoms with Crippen molar-refractivity contribution < 1.29 is 14.3 Å². The van der Waals surface area contributed by atoms with Crippen molar-refractivity contribution in [3.05, 3.63) is 43.0 Å². The van der Waals surface area contributed by atoms with Crippen LogP contribution in [0.15, 0.2) is 43.0 Å². The molecule has 0 bridgehead atoms. The zero-order valence-corrected chi connectivity index (χ0v) is 13.3. The number of hydrogen-bond donors (Lipinski definition) is 0. The Morgan fingerprint density at radius 3 is 2.40 bits per heavy atom. The molecular formula is C16H22O3Si. The van der Waals surface area contributed by atoms with Gasteiger partial charge < -0.3 is 9.53 Å². The number of ether oxygens (including phenoxy) is 1. The number of benzene rings is 1. The summed E-state index contributed by atoms with van der Waals surface area (Å²) in [6.07, 6.45) is 2.77. The highest BCUT2D eigenvalue weighted by atomic mass is 28.3. The van der Waals surface area contributed by atoms with Crippen LogP contribution in [-0.4, -0.2) is 27.4 Å². The molecule has 4 heteroatoms. The Labute approximate surface area is 121 Å². The van der Waals surface area contributed by atoms with E-state index in [1.807, 2.05) is 24.3 Å². The summed E-state index contributed by atoms with van der Waals surface area (Å²) in [6.45, 7) is 8.26. The maximum absolute atomic E-state index is 12.0. The molecule has 20 heavy (non-hydrogen) atoms. The number of hydrogen-bond acceptors (Lipinski definition) is 3. The highest BCUT2D eigenvalue weighted by molar-refractivity contribution is 6.91. The first kappa shape index (κ1) is 16.4. The van der Waals surface area contributed by atoms with Crippen molar-refractivity contribution in [2.75, 3.05) is 7.11 Å². The second kappa shape index (κ2) is 7.19. The van der Waals surface area contributed by atoms with Gasteiger partial charge in [0.15, 0.2) is 0 Å². The fourth-order valence-electron chi connectivity index (χ4n) is 2.67. The molecular weight excluding hydrogens is 268 g/mol. The molecule has 0 aliphatic heterocycles. The fourth-order valence-corrected chi connectivity index (χ4v) is 5.97. The third kappa shape index (κ3) is 3.45. The molecule has 0 aliphatic rings. The fraction of sp³-hybridized carbons (Fsp3) is 0.375. The standard InChI is InChI=1S/C16H22O3Si/c1-5-15(14(11-12-17)16(18)19-2)20(3,4)13-9-7-6-8-10-13/h5-10,12,14-15H,1,11H2,2-4H3/t14-,15-/m1/s1. The van der Waals surface area contributed by atoms with Gasteiger partial charge >= 0.3 is 5.97 Å². The lowest BCUT2D eigenvalue weighted by molar-refractivity contribution is -0.146. The largest absolute Gasteiger partial charge is 0.469 e. The monoisotopic (exact) mass is 290 g/mol. The molecule has 0 fully saturated rings. The summed E-state index contributed by atoms with van der Waals surface area (Å²) in [5.41, 5.74) is -0.0393. The van der Waals surface area contributed by atoms with E-state index < -0.39 is 14.0 Å². The maximum atomic E-state index is 12.0. The van der Waals surface area contributed by atoms with Gasteiger partial charge in [-0.1, -0.05) is 54.7 Å². The number of aldehydes is 1. The molecule has 2 atom stereocenters. The van der Waals surface area contributed by atoms with Crippen LogP contribution in [0.4, 0.5) is 0 Å². The average Bonchev–Trinajstić information content (AvgIpc) is 2.47.